The smallest absolute Gasteiger partial charge is 0.163 e. The predicted octanol–water partition coefficient (Wildman–Crippen LogP) is 1.67. The molecule has 0 bridgehead atoms. The Morgan fingerprint density at radius 2 is 2.00 bits per heavy atom. The molecule has 1 rings (SSSR count). The van der Waals surface area contributed by atoms with Gasteiger partial charge in [-0.2, -0.15) is 5.48 Å². The molecule has 0 saturated heterocycles. The molecule has 0 atom stereocenters. The number of aryl methyl sites for hydroxylation is 1. The molecule has 0 fully saturated rings. The van der Waals surface area contributed by atoms with Gasteiger partial charge >= 0.3 is 0 Å². The Morgan fingerprint density at radius 1 is 1.33 bits per heavy atom. The first-order valence-electron chi connectivity index (χ1n) is 4.73. The fraction of sp³-hybridized carbons (Fsp3) is 0.455. The highest BCUT2D eigenvalue weighted by Gasteiger charge is 2.12. The van der Waals surface area contributed by atoms with E-state index in [9.17, 15) is 5.11 Å². The van der Waals surface area contributed by atoms with Crippen LogP contribution in [-0.2, 0) is 11.4 Å². The first kappa shape index (κ1) is 11.8. The predicted molar refractivity (Wildman–Crippen MR) is 58.0 cm³/mol. The summed E-state index contributed by atoms with van der Waals surface area (Å²) in [5.41, 5.74) is 5.53. The fourth-order valence-electron chi connectivity index (χ4n) is 1.52. The Kier molecular flexibility index (Phi) is 3.94. The van der Waals surface area contributed by atoms with Crippen LogP contribution in [0.15, 0.2) is 6.07 Å². The van der Waals surface area contributed by atoms with Gasteiger partial charge in [0, 0.05) is 6.54 Å². The van der Waals surface area contributed by atoms with Gasteiger partial charge in [0.05, 0.1) is 14.2 Å². The highest BCUT2D eigenvalue weighted by molar-refractivity contribution is 5.53. The number of nitrogens with one attached hydrogen (secondary N) is 1. The average molecular weight is 211 g/mol. The number of hydroxylamine groups is 1. The molecule has 1 aromatic carbocycles. The van der Waals surface area contributed by atoms with E-state index in [4.69, 9.17) is 9.57 Å². The fourth-order valence-corrected chi connectivity index (χ4v) is 1.52. The normalized spacial score (nSPS) is 10.4. The highest BCUT2D eigenvalue weighted by Crippen LogP contribution is 2.35. The van der Waals surface area contributed by atoms with Crippen molar-refractivity contribution in [1.29, 1.82) is 0 Å². The molecule has 0 heterocycles. The zero-order chi connectivity index (χ0) is 11.4. The van der Waals surface area contributed by atoms with Gasteiger partial charge in [-0.15, -0.1) is 0 Å². The molecule has 0 radical (unpaired) electrons. The number of methoxy groups -OCH3 is 1. The summed E-state index contributed by atoms with van der Waals surface area (Å²) in [5, 5.41) is 9.75. The summed E-state index contributed by atoms with van der Waals surface area (Å²) in [6.45, 7) is 4.33. The van der Waals surface area contributed by atoms with Gasteiger partial charge in [0.1, 0.15) is 0 Å². The van der Waals surface area contributed by atoms with E-state index in [0.29, 0.717) is 12.3 Å². The minimum Gasteiger partial charge on any atom is -0.504 e. The minimum atomic E-state index is 0.205. The summed E-state index contributed by atoms with van der Waals surface area (Å²) in [5.74, 6) is 0.735. The molecule has 1 aromatic rings. The molecule has 0 unspecified atom stereocenters. The Morgan fingerprint density at radius 3 is 2.53 bits per heavy atom. The van der Waals surface area contributed by atoms with Gasteiger partial charge in [-0.3, -0.25) is 0 Å². The Hall–Kier alpha value is -1.26. The van der Waals surface area contributed by atoms with Crippen molar-refractivity contribution in [3.05, 3.63) is 22.8 Å². The van der Waals surface area contributed by atoms with E-state index in [1.807, 2.05) is 19.9 Å². The number of hydrogen-bond donors (Lipinski definition) is 2. The molecule has 2 N–H and O–H groups in total. The van der Waals surface area contributed by atoms with Crippen molar-refractivity contribution < 1.29 is 14.7 Å². The number of ether oxygens (including phenoxy) is 1. The van der Waals surface area contributed by atoms with E-state index >= 15 is 0 Å². The monoisotopic (exact) mass is 211 g/mol. The van der Waals surface area contributed by atoms with Crippen molar-refractivity contribution in [2.75, 3.05) is 14.2 Å². The standard InChI is InChI=1S/C11H17NO3/c1-7-5-9(6-12-15-4)8(2)11(14-3)10(7)13/h5,12-13H,6H2,1-4H3. The topological polar surface area (TPSA) is 50.7 Å². The molecule has 0 spiro atoms. The minimum absolute atomic E-state index is 0.205. The van der Waals surface area contributed by atoms with Gasteiger partial charge < -0.3 is 14.7 Å². The van der Waals surface area contributed by atoms with Crippen molar-refractivity contribution in [3.8, 4) is 11.5 Å². The second-order valence-electron chi connectivity index (χ2n) is 3.38. The van der Waals surface area contributed by atoms with Gasteiger partial charge in [-0.05, 0) is 30.5 Å². The average Bonchev–Trinajstić information content (AvgIpc) is 2.22. The van der Waals surface area contributed by atoms with Gasteiger partial charge in [0.2, 0.25) is 0 Å². The number of hydrogen-bond acceptors (Lipinski definition) is 4. The second-order valence-corrected chi connectivity index (χ2v) is 3.38. The third kappa shape index (κ3) is 2.40. The summed E-state index contributed by atoms with van der Waals surface area (Å²) in [4.78, 5) is 4.79. The van der Waals surface area contributed by atoms with Gasteiger partial charge in [-0.25, -0.2) is 0 Å². The number of aromatic hydroxyl groups is 1. The van der Waals surface area contributed by atoms with E-state index in [2.05, 4.69) is 5.48 Å². The zero-order valence-electron chi connectivity index (χ0n) is 9.55. The maximum Gasteiger partial charge on any atom is 0.163 e. The van der Waals surface area contributed by atoms with Crippen LogP contribution in [0.1, 0.15) is 16.7 Å². The van der Waals surface area contributed by atoms with E-state index in [0.717, 1.165) is 16.7 Å². The summed E-state index contributed by atoms with van der Waals surface area (Å²) in [6, 6.07) is 1.92. The molecule has 84 valence electrons. The largest absolute Gasteiger partial charge is 0.504 e. The quantitative estimate of drug-likeness (QED) is 0.744. The lowest BCUT2D eigenvalue weighted by Crippen LogP contribution is -2.12. The van der Waals surface area contributed by atoms with Crippen LogP contribution in [0.5, 0.6) is 11.5 Å². The van der Waals surface area contributed by atoms with Crippen LogP contribution in [0.2, 0.25) is 0 Å². The van der Waals surface area contributed by atoms with Crippen LogP contribution < -0.4 is 10.2 Å². The highest BCUT2D eigenvalue weighted by atomic mass is 16.6. The lowest BCUT2D eigenvalue weighted by Gasteiger charge is -2.14. The van der Waals surface area contributed by atoms with Gasteiger partial charge in [0.15, 0.2) is 11.5 Å². The molecule has 0 aromatic heterocycles. The van der Waals surface area contributed by atoms with Crippen molar-refractivity contribution in [2.45, 2.75) is 20.4 Å². The summed E-state index contributed by atoms with van der Waals surface area (Å²) >= 11 is 0. The molecule has 0 aliphatic rings. The van der Waals surface area contributed by atoms with Crippen LogP contribution in [0.4, 0.5) is 0 Å². The molecule has 4 nitrogen and oxygen atoms in total. The summed E-state index contributed by atoms with van der Waals surface area (Å²) in [7, 11) is 3.12. The summed E-state index contributed by atoms with van der Waals surface area (Å²) < 4.78 is 5.16. The first-order valence-corrected chi connectivity index (χ1v) is 4.73. The van der Waals surface area contributed by atoms with E-state index in [1.165, 1.54) is 0 Å². The van der Waals surface area contributed by atoms with Crippen molar-refractivity contribution >= 4 is 0 Å². The Bertz CT molecular complexity index is 350. The van der Waals surface area contributed by atoms with Crippen LogP contribution in [0.25, 0.3) is 0 Å². The lowest BCUT2D eigenvalue weighted by atomic mass is 10.0. The van der Waals surface area contributed by atoms with E-state index in [1.54, 1.807) is 14.2 Å². The van der Waals surface area contributed by atoms with E-state index < -0.39 is 0 Å². The lowest BCUT2D eigenvalue weighted by molar-refractivity contribution is 0.0865. The number of benzene rings is 1. The number of phenolic OH excluding ortho intramolecular Hbond substituents is 1. The maximum atomic E-state index is 9.75. The van der Waals surface area contributed by atoms with Gasteiger partial charge in [-0.1, -0.05) is 6.07 Å². The van der Waals surface area contributed by atoms with Crippen molar-refractivity contribution in [3.63, 3.8) is 0 Å². The third-order valence-corrected chi connectivity index (χ3v) is 2.41. The van der Waals surface area contributed by atoms with Crippen LogP contribution in [0.3, 0.4) is 0 Å². The first-order chi connectivity index (χ1) is 7.11. The Labute approximate surface area is 89.8 Å². The second kappa shape index (κ2) is 5.00. The van der Waals surface area contributed by atoms with Gasteiger partial charge in [0.25, 0.3) is 0 Å². The third-order valence-electron chi connectivity index (χ3n) is 2.41. The zero-order valence-corrected chi connectivity index (χ0v) is 9.55. The SMILES string of the molecule is CONCc1cc(C)c(O)c(OC)c1C. The van der Waals surface area contributed by atoms with Crippen LogP contribution >= 0.6 is 0 Å². The Balaban J connectivity index is 3.12. The molecule has 15 heavy (non-hydrogen) atoms. The maximum absolute atomic E-state index is 9.75. The molecule has 0 aliphatic carbocycles. The van der Waals surface area contributed by atoms with Crippen molar-refractivity contribution in [2.24, 2.45) is 0 Å². The van der Waals surface area contributed by atoms with Crippen LogP contribution in [0, 0.1) is 13.8 Å². The van der Waals surface area contributed by atoms with Crippen LogP contribution in [-0.4, -0.2) is 19.3 Å². The number of rotatable bonds is 4. The molecule has 0 amide bonds. The van der Waals surface area contributed by atoms with Crippen molar-refractivity contribution in [1.82, 2.24) is 5.48 Å². The molecular weight excluding hydrogens is 194 g/mol. The molecule has 4 heteroatoms. The van der Waals surface area contributed by atoms with E-state index in [-0.39, 0.29) is 5.75 Å². The molecule has 0 saturated carbocycles. The summed E-state index contributed by atoms with van der Waals surface area (Å²) in [6.07, 6.45) is 0. The molecular formula is C11H17NO3. The number of phenols is 1. The molecule has 0 aliphatic heterocycles.